The van der Waals surface area contributed by atoms with Crippen LogP contribution in [0.5, 0.6) is 0 Å². The molecule has 3 N–H and O–H groups in total. The molecule has 0 unspecified atom stereocenters. The molecule has 1 aliphatic heterocycles. The molecule has 0 saturated carbocycles. The lowest BCUT2D eigenvalue weighted by Gasteiger charge is -2.31. The maximum atomic E-state index is 14.5. The first-order valence-corrected chi connectivity index (χ1v) is 9.35. The van der Waals surface area contributed by atoms with Crippen molar-refractivity contribution in [2.24, 2.45) is 5.73 Å². The number of carbonyl (C=O) groups is 2. The fourth-order valence-electron chi connectivity index (χ4n) is 3.00. The number of hydrogen-bond donors (Lipinski definition) is 2. The van der Waals surface area contributed by atoms with Crippen molar-refractivity contribution in [1.29, 1.82) is 5.41 Å². The van der Waals surface area contributed by atoms with E-state index in [4.69, 9.17) is 15.9 Å². The molecule has 154 valence electrons. The smallest absolute Gasteiger partial charge is 0.253 e. The normalized spacial score (nSPS) is 16.0. The maximum Gasteiger partial charge on any atom is 0.253 e. The molecule has 0 atom stereocenters. The molecule has 1 aromatic carbocycles. The minimum absolute atomic E-state index is 0.0228. The van der Waals surface area contributed by atoms with Crippen LogP contribution in [0.25, 0.3) is 0 Å². The highest BCUT2D eigenvalue weighted by Gasteiger charge is 2.24. The standard InChI is InChI=1S/C22H26FN3O3/c1-15(6-9-21(25)27)4-3-5-20(24)18-8-7-16(14-19(18)23)22(28)26-12-10-17(29-2)11-13-26/h3-9,14,17,24H,10-13H2,1-2H3,(H2,25,27)/b5-3-,9-6+,15-4+,24-20?. The molecule has 6 nitrogen and oxygen atoms in total. The Bertz CT molecular complexity index is 866. The second-order valence-corrected chi connectivity index (χ2v) is 6.84. The molecule has 2 amide bonds. The average molecular weight is 399 g/mol. The predicted octanol–water partition coefficient (Wildman–Crippen LogP) is 2.99. The molecule has 1 aromatic rings. The van der Waals surface area contributed by atoms with Gasteiger partial charge in [0.15, 0.2) is 0 Å². The van der Waals surface area contributed by atoms with Crippen molar-refractivity contribution in [3.63, 3.8) is 0 Å². The van der Waals surface area contributed by atoms with Crippen LogP contribution in [0.3, 0.4) is 0 Å². The number of benzene rings is 1. The van der Waals surface area contributed by atoms with Crippen molar-refractivity contribution in [3.05, 3.63) is 71.1 Å². The molecule has 0 aliphatic carbocycles. The summed E-state index contributed by atoms with van der Waals surface area (Å²) in [4.78, 5) is 25.0. The third-order valence-corrected chi connectivity index (χ3v) is 4.70. The van der Waals surface area contributed by atoms with Crippen LogP contribution in [0.15, 0.2) is 54.2 Å². The van der Waals surface area contributed by atoms with E-state index >= 15 is 0 Å². The van der Waals surface area contributed by atoms with Crippen LogP contribution in [-0.4, -0.2) is 48.7 Å². The van der Waals surface area contributed by atoms with Gasteiger partial charge in [-0.3, -0.25) is 9.59 Å². The van der Waals surface area contributed by atoms with E-state index in [0.29, 0.717) is 13.1 Å². The van der Waals surface area contributed by atoms with Gasteiger partial charge in [0, 0.05) is 37.4 Å². The van der Waals surface area contributed by atoms with Gasteiger partial charge in [-0.1, -0.05) is 23.8 Å². The zero-order valence-corrected chi connectivity index (χ0v) is 16.7. The first kappa shape index (κ1) is 22.2. The van der Waals surface area contributed by atoms with Gasteiger partial charge in [0.2, 0.25) is 5.91 Å². The van der Waals surface area contributed by atoms with E-state index in [1.807, 2.05) is 0 Å². The van der Waals surface area contributed by atoms with Crippen LogP contribution in [0.2, 0.25) is 0 Å². The zero-order chi connectivity index (χ0) is 21.4. The first-order chi connectivity index (χ1) is 13.8. The molecule has 1 saturated heterocycles. The topological polar surface area (TPSA) is 96.5 Å². The van der Waals surface area contributed by atoms with Gasteiger partial charge in [-0.2, -0.15) is 0 Å². The number of piperidine rings is 1. The quantitative estimate of drug-likeness (QED) is 0.419. The Labute approximate surface area is 170 Å². The van der Waals surface area contributed by atoms with Gasteiger partial charge < -0.3 is 20.8 Å². The minimum atomic E-state index is -0.619. The van der Waals surface area contributed by atoms with Gasteiger partial charge >= 0.3 is 0 Å². The average Bonchev–Trinajstić information content (AvgIpc) is 2.71. The van der Waals surface area contributed by atoms with Gasteiger partial charge in [-0.25, -0.2) is 4.39 Å². The summed E-state index contributed by atoms with van der Waals surface area (Å²) in [6.07, 6.45) is 9.17. The number of nitrogens with two attached hydrogens (primary N) is 1. The number of allylic oxidation sites excluding steroid dienone is 5. The highest BCUT2D eigenvalue weighted by Crippen LogP contribution is 2.18. The number of halogens is 1. The van der Waals surface area contributed by atoms with E-state index in [2.05, 4.69) is 0 Å². The maximum absolute atomic E-state index is 14.5. The second kappa shape index (κ2) is 10.5. The zero-order valence-electron chi connectivity index (χ0n) is 16.7. The van der Waals surface area contributed by atoms with E-state index in [1.165, 1.54) is 24.3 Å². The SMILES string of the molecule is COC1CCN(C(=O)c2ccc(C(=N)\C=C/C=C(C)/C=C/C(N)=O)c(F)c2)CC1. The molecule has 2 rings (SSSR count). The number of nitrogens with one attached hydrogen (secondary N) is 1. The van der Waals surface area contributed by atoms with E-state index in [1.54, 1.807) is 43.2 Å². The Kier molecular flexibility index (Phi) is 8.03. The van der Waals surface area contributed by atoms with E-state index < -0.39 is 11.7 Å². The van der Waals surface area contributed by atoms with Gasteiger partial charge in [0.1, 0.15) is 5.82 Å². The van der Waals surface area contributed by atoms with Crippen molar-refractivity contribution in [2.45, 2.75) is 25.9 Å². The molecule has 0 radical (unpaired) electrons. The summed E-state index contributed by atoms with van der Waals surface area (Å²) in [5.74, 6) is -1.38. The van der Waals surface area contributed by atoms with Gasteiger partial charge in [-0.05, 0) is 44.0 Å². The number of methoxy groups -OCH3 is 1. The Morgan fingerprint density at radius 2 is 1.93 bits per heavy atom. The third-order valence-electron chi connectivity index (χ3n) is 4.70. The van der Waals surface area contributed by atoms with Crippen molar-refractivity contribution in [3.8, 4) is 0 Å². The monoisotopic (exact) mass is 399 g/mol. The number of likely N-dealkylation sites (tertiary alicyclic amines) is 1. The number of ether oxygens (including phenoxy) is 1. The Morgan fingerprint density at radius 1 is 1.24 bits per heavy atom. The summed E-state index contributed by atoms with van der Waals surface area (Å²) in [6, 6.07) is 4.17. The minimum Gasteiger partial charge on any atom is -0.381 e. The lowest BCUT2D eigenvalue weighted by molar-refractivity contribution is -0.113. The van der Waals surface area contributed by atoms with Gasteiger partial charge in [0.25, 0.3) is 5.91 Å². The number of carbonyl (C=O) groups excluding carboxylic acids is 2. The van der Waals surface area contributed by atoms with Crippen LogP contribution in [0.4, 0.5) is 4.39 Å². The number of amides is 2. The largest absolute Gasteiger partial charge is 0.381 e. The van der Waals surface area contributed by atoms with Crippen LogP contribution in [-0.2, 0) is 9.53 Å². The summed E-state index contributed by atoms with van der Waals surface area (Å²) in [5.41, 5.74) is 6.13. The number of nitrogens with zero attached hydrogens (tertiary/aromatic N) is 1. The van der Waals surface area contributed by atoms with Crippen LogP contribution in [0, 0.1) is 11.2 Å². The van der Waals surface area contributed by atoms with Crippen molar-refractivity contribution < 1.29 is 18.7 Å². The summed E-state index contributed by atoms with van der Waals surface area (Å²) in [7, 11) is 1.66. The molecule has 7 heteroatoms. The lowest BCUT2D eigenvalue weighted by atomic mass is 10.0. The fourth-order valence-corrected chi connectivity index (χ4v) is 3.00. The molecule has 1 aliphatic rings. The Balaban J connectivity index is 2.04. The number of primary amides is 1. The third kappa shape index (κ3) is 6.50. The fraction of sp³-hybridized carbons (Fsp3) is 0.318. The molecule has 29 heavy (non-hydrogen) atoms. The van der Waals surface area contributed by atoms with Crippen LogP contribution < -0.4 is 5.73 Å². The van der Waals surface area contributed by atoms with Gasteiger partial charge in [0.05, 0.1) is 11.8 Å². The van der Waals surface area contributed by atoms with Crippen LogP contribution >= 0.6 is 0 Å². The van der Waals surface area contributed by atoms with E-state index in [9.17, 15) is 14.0 Å². The number of rotatable bonds is 7. The molecule has 0 aromatic heterocycles. The number of hydrogen-bond acceptors (Lipinski definition) is 4. The van der Waals surface area contributed by atoms with E-state index in [-0.39, 0.29) is 28.8 Å². The van der Waals surface area contributed by atoms with Crippen molar-refractivity contribution in [2.75, 3.05) is 20.2 Å². The molecule has 1 fully saturated rings. The second-order valence-electron chi connectivity index (χ2n) is 6.84. The Morgan fingerprint density at radius 3 is 2.52 bits per heavy atom. The Hall–Kier alpha value is -3.06. The predicted molar refractivity (Wildman–Crippen MR) is 110 cm³/mol. The summed E-state index contributed by atoms with van der Waals surface area (Å²) < 4.78 is 19.8. The molecule has 0 bridgehead atoms. The highest BCUT2D eigenvalue weighted by molar-refractivity contribution is 6.07. The molecule has 0 spiro atoms. The first-order valence-electron chi connectivity index (χ1n) is 9.35. The van der Waals surface area contributed by atoms with Gasteiger partial charge in [-0.15, -0.1) is 0 Å². The van der Waals surface area contributed by atoms with Crippen LogP contribution in [0.1, 0.15) is 35.7 Å². The lowest BCUT2D eigenvalue weighted by Crippen LogP contribution is -2.40. The molecular weight excluding hydrogens is 373 g/mol. The van der Waals surface area contributed by atoms with Crippen molar-refractivity contribution in [1.82, 2.24) is 4.90 Å². The van der Waals surface area contributed by atoms with E-state index in [0.717, 1.165) is 18.4 Å². The highest BCUT2D eigenvalue weighted by atomic mass is 19.1. The summed E-state index contributed by atoms with van der Waals surface area (Å²) >= 11 is 0. The summed E-state index contributed by atoms with van der Waals surface area (Å²) in [6.45, 7) is 2.92. The van der Waals surface area contributed by atoms with Crippen molar-refractivity contribution >= 4 is 17.5 Å². The molecule has 1 heterocycles. The molecular formula is C22H26FN3O3. The summed E-state index contributed by atoms with van der Waals surface area (Å²) in [5, 5.41) is 8.04.